The number of fused-ring (bicyclic) bond motifs is 1. The molecule has 0 fully saturated rings. The van der Waals surface area contributed by atoms with Crippen LogP contribution in [0.2, 0.25) is 0 Å². The summed E-state index contributed by atoms with van der Waals surface area (Å²) >= 11 is 0. The molecule has 144 valence electrons. The number of benzene rings is 2. The highest BCUT2D eigenvalue weighted by Gasteiger charge is 2.27. The van der Waals surface area contributed by atoms with Gasteiger partial charge >= 0.3 is 0 Å². The van der Waals surface area contributed by atoms with Gasteiger partial charge in [0.05, 0.1) is 26.0 Å². The number of hydrogen-bond acceptors (Lipinski definition) is 7. The average Bonchev–Trinajstić information content (AvgIpc) is 3.19. The lowest BCUT2D eigenvalue weighted by molar-refractivity contribution is 0.354. The number of nitrogens with one attached hydrogen (secondary N) is 1. The SMILES string of the molecule is COc1cc2c(cc1OC)C(c1ccc(N)cc1)=NN(c1ncn[nH]1)C(C)C2. The molecule has 3 N–H and O–H groups in total. The lowest BCUT2D eigenvalue weighted by atomic mass is 9.94. The summed E-state index contributed by atoms with van der Waals surface area (Å²) in [5.41, 5.74) is 10.4. The zero-order valence-corrected chi connectivity index (χ0v) is 16.0. The summed E-state index contributed by atoms with van der Waals surface area (Å²) in [4.78, 5) is 4.29. The van der Waals surface area contributed by atoms with Crippen molar-refractivity contribution < 1.29 is 9.47 Å². The lowest BCUT2D eigenvalue weighted by Crippen LogP contribution is -2.30. The Morgan fingerprint density at radius 2 is 1.82 bits per heavy atom. The van der Waals surface area contributed by atoms with Crippen LogP contribution in [0.1, 0.15) is 23.6 Å². The Hall–Kier alpha value is -3.55. The highest BCUT2D eigenvalue weighted by molar-refractivity contribution is 6.14. The van der Waals surface area contributed by atoms with E-state index in [0.717, 1.165) is 28.8 Å². The van der Waals surface area contributed by atoms with Crippen molar-refractivity contribution in [2.75, 3.05) is 25.0 Å². The maximum absolute atomic E-state index is 5.88. The van der Waals surface area contributed by atoms with Crippen molar-refractivity contribution in [2.24, 2.45) is 5.10 Å². The summed E-state index contributed by atoms with van der Waals surface area (Å²) in [6.45, 7) is 2.10. The molecule has 0 bridgehead atoms. The van der Waals surface area contributed by atoms with Gasteiger partial charge in [-0.3, -0.25) is 0 Å². The van der Waals surface area contributed by atoms with E-state index in [1.165, 1.54) is 6.33 Å². The second-order valence-corrected chi connectivity index (χ2v) is 6.64. The van der Waals surface area contributed by atoms with Gasteiger partial charge in [-0.2, -0.15) is 15.2 Å². The maximum atomic E-state index is 5.88. The zero-order valence-electron chi connectivity index (χ0n) is 16.0. The molecule has 0 spiro atoms. The van der Waals surface area contributed by atoms with Gasteiger partial charge in [-0.15, -0.1) is 0 Å². The number of aromatic amines is 1. The first kappa shape index (κ1) is 17.8. The predicted molar refractivity (Wildman–Crippen MR) is 108 cm³/mol. The molecule has 1 aliphatic heterocycles. The third-order valence-electron chi connectivity index (χ3n) is 4.81. The Balaban J connectivity index is 1.94. The van der Waals surface area contributed by atoms with Gasteiger partial charge < -0.3 is 15.2 Å². The fourth-order valence-electron chi connectivity index (χ4n) is 3.40. The molecule has 8 nitrogen and oxygen atoms in total. The van der Waals surface area contributed by atoms with Crippen LogP contribution in [-0.2, 0) is 6.42 Å². The Kier molecular flexibility index (Phi) is 4.60. The number of nitrogen functional groups attached to an aromatic ring is 1. The van der Waals surface area contributed by atoms with Crippen molar-refractivity contribution in [2.45, 2.75) is 19.4 Å². The molecule has 0 aliphatic carbocycles. The quantitative estimate of drug-likeness (QED) is 0.677. The highest BCUT2D eigenvalue weighted by atomic mass is 16.5. The van der Waals surface area contributed by atoms with Gasteiger partial charge in [-0.05, 0) is 43.2 Å². The molecule has 2 heterocycles. The van der Waals surface area contributed by atoms with E-state index in [2.05, 4.69) is 22.1 Å². The van der Waals surface area contributed by atoms with Crippen molar-refractivity contribution in [3.05, 3.63) is 59.4 Å². The van der Waals surface area contributed by atoms with Gasteiger partial charge in [0.25, 0.3) is 0 Å². The first-order valence-corrected chi connectivity index (χ1v) is 8.95. The van der Waals surface area contributed by atoms with E-state index in [1.54, 1.807) is 14.2 Å². The number of methoxy groups -OCH3 is 2. The normalized spacial score (nSPS) is 16.2. The number of hydrogen-bond donors (Lipinski definition) is 2. The van der Waals surface area contributed by atoms with Gasteiger partial charge in [0.15, 0.2) is 11.5 Å². The van der Waals surface area contributed by atoms with E-state index < -0.39 is 0 Å². The number of rotatable bonds is 4. The predicted octanol–water partition coefficient (Wildman–Crippen LogP) is 2.61. The number of nitrogens with zero attached hydrogens (tertiary/aromatic N) is 4. The second-order valence-electron chi connectivity index (χ2n) is 6.64. The minimum Gasteiger partial charge on any atom is -0.493 e. The van der Waals surface area contributed by atoms with E-state index in [0.29, 0.717) is 23.1 Å². The minimum atomic E-state index is 0.0519. The average molecular weight is 378 g/mol. The van der Waals surface area contributed by atoms with E-state index in [4.69, 9.17) is 20.3 Å². The van der Waals surface area contributed by atoms with Gasteiger partial charge in [0.1, 0.15) is 6.33 Å². The van der Waals surface area contributed by atoms with E-state index in [9.17, 15) is 0 Å². The molecule has 3 aromatic rings. The molecule has 1 aliphatic rings. The van der Waals surface area contributed by atoms with Crippen LogP contribution in [0.25, 0.3) is 0 Å². The number of aromatic nitrogens is 3. The van der Waals surface area contributed by atoms with Crippen molar-refractivity contribution in [1.82, 2.24) is 15.2 Å². The molecule has 0 radical (unpaired) electrons. The van der Waals surface area contributed by atoms with Crippen molar-refractivity contribution in [3.63, 3.8) is 0 Å². The van der Waals surface area contributed by atoms with E-state index in [-0.39, 0.29) is 6.04 Å². The Labute approximate surface area is 163 Å². The molecule has 0 saturated carbocycles. The van der Waals surface area contributed by atoms with Crippen LogP contribution in [0.4, 0.5) is 11.6 Å². The van der Waals surface area contributed by atoms with Crippen molar-refractivity contribution in [1.29, 1.82) is 0 Å². The molecule has 8 heteroatoms. The third kappa shape index (κ3) is 3.13. The molecule has 1 aromatic heterocycles. The minimum absolute atomic E-state index is 0.0519. The van der Waals surface area contributed by atoms with Gasteiger partial charge in [-0.25, -0.2) is 10.1 Å². The van der Waals surface area contributed by atoms with Crippen LogP contribution >= 0.6 is 0 Å². The van der Waals surface area contributed by atoms with Gasteiger partial charge in [0.2, 0.25) is 5.95 Å². The van der Waals surface area contributed by atoms with Crippen molar-refractivity contribution in [3.8, 4) is 11.5 Å². The van der Waals surface area contributed by atoms with Crippen LogP contribution < -0.4 is 20.2 Å². The molecule has 1 unspecified atom stereocenters. The zero-order chi connectivity index (χ0) is 19.7. The number of nitrogens with two attached hydrogens (primary N) is 1. The third-order valence-corrected chi connectivity index (χ3v) is 4.81. The smallest absolute Gasteiger partial charge is 0.242 e. The first-order valence-electron chi connectivity index (χ1n) is 8.95. The van der Waals surface area contributed by atoms with Crippen LogP contribution in [0.15, 0.2) is 47.8 Å². The molecule has 28 heavy (non-hydrogen) atoms. The van der Waals surface area contributed by atoms with Gasteiger partial charge in [0, 0.05) is 16.8 Å². The second kappa shape index (κ2) is 7.22. The standard InChI is InChI=1S/C20H22N6O2/c1-12-8-14-9-17(27-2)18(28-3)10-16(14)19(13-4-6-15(21)7-5-13)25-26(12)20-22-11-23-24-20/h4-7,9-12H,8,21H2,1-3H3,(H,22,23,24). The van der Waals surface area contributed by atoms with Crippen LogP contribution in [0.3, 0.4) is 0 Å². The fraction of sp³-hybridized carbons (Fsp3) is 0.250. The fourth-order valence-corrected chi connectivity index (χ4v) is 3.40. The van der Waals surface area contributed by atoms with Crippen LogP contribution in [0, 0.1) is 0 Å². The summed E-state index contributed by atoms with van der Waals surface area (Å²) in [5, 5.41) is 13.7. The van der Waals surface area contributed by atoms with Crippen LogP contribution in [0.5, 0.6) is 11.5 Å². The largest absolute Gasteiger partial charge is 0.493 e. The number of anilines is 2. The number of ether oxygens (including phenoxy) is 2. The molecule has 2 aromatic carbocycles. The van der Waals surface area contributed by atoms with E-state index in [1.807, 2.05) is 41.4 Å². The summed E-state index contributed by atoms with van der Waals surface area (Å²) in [6.07, 6.45) is 2.23. The topological polar surface area (TPSA) is 102 Å². The molecule has 0 amide bonds. The highest BCUT2D eigenvalue weighted by Crippen LogP contribution is 2.35. The Morgan fingerprint density at radius 1 is 1.11 bits per heavy atom. The molecular weight excluding hydrogens is 356 g/mol. The first-order chi connectivity index (χ1) is 13.6. The Morgan fingerprint density at radius 3 is 2.46 bits per heavy atom. The molecule has 4 rings (SSSR count). The van der Waals surface area contributed by atoms with Crippen LogP contribution in [-0.4, -0.2) is 41.2 Å². The van der Waals surface area contributed by atoms with Gasteiger partial charge in [-0.1, -0.05) is 12.1 Å². The Bertz CT molecular complexity index is 998. The monoisotopic (exact) mass is 378 g/mol. The maximum Gasteiger partial charge on any atom is 0.242 e. The molecule has 1 atom stereocenters. The van der Waals surface area contributed by atoms with Crippen molar-refractivity contribution >= 4 is 17.3 Å². The molecule has 0 saturated heterocycles. The van der Waals surface area contributed by atoms with E-state index >= 15 is 0 Å². The summed E-state index contributed by atoms with van der Waals surface area (Å²) in [6, 6.07) is 11.7. The lowest BCUT2D eigenvalue weighted by Gasteiger charge is -2.22. The molecular formula is C20H22N6O2. The summed E-state index contributed by atoms with van der Waals surface area (Å²) in [7, 11) is 3.27. The summed E-state index contributed by atoms with van der Waals surface area (Å²) < 4.78 is 11.0. The number of hydrazone groups is 1. The number of H-pyrrole nitrogens is 1. The summed E-state index contributed by atoms with van der Waals surface area (Å²) in [5.74, 6) is 1.94.